The molecule has 0 bridgehead atoms. The second-order valence-corrected chi connectivity index (χ2v) is 3.83. The van der Waals surface area contributed by atoms with Crippen molar-refractivity contribution in [3.8, 4) is 0 Å². The minimum atomic E-state index is 0.0600. The van der Waals surface area contributed by atoms with E-state index in [0.29, 0.717) is 0 Å². The maximum Gasteiger partial charge on any atom is 0.258 e. The molecule has 0 radical (unpaired) electrons. The Kier molecular flexibility index (Phi) is 2.91. The van der Waals surface area contributed by atoms with Crippen molar-refractivity contribution in [1.82, 2.24) is 4.57 Å². The standard InChI is InChI=1S/C14H15NO/c1-3-12(4-2)15-10-9-11-7-5-6-8-13(11)14(15)16/h3,5-10,12H,1,4H2,2H3/t12-/m1/s1. The summed E-state index contributed by atoms with van der Waals surface area (Å²) in [7, 11) is 0. The smallest absolute Gasteiger partial charge is 0.258 e. The normalized spacial score (nSPS) is 12.6. The van der Waals surface area contributed by atoms with E-state index in [1.807, 2.05) is 49.5 Å². The molecular weight excluding hydrogens is 198 g/mol. The largest absolute Gasteiger partial charge is 0.308 e. The minimum Gasteiger partial charge on any atom is -0.308 e. The van der Waals surface area contributed by atoms with Crippen LogP contribution in [0.25, 0.3) is 10.8 Å². The quantitative estimate of drug-likeness (QED) is 0.718. The van der Waals surface area contributed by atoms with Gasteiger partial charge in [0.2, 0.25) is 0 Å². The van der Waals surface area contributed by atoms with Crippen LogP contribution in [0.4, 0.5) is 0 Å². The van der Waals surface area contributed by atoms with Crippen molar-refractivity contribution in [2.45, 2.75) is 19.4 Å². The topological polar surface area (TPSA) is 22.0 Å². The maximum atomic E-state index is 12.2. The molecule has 2 nitrogen and oxygen atoms in total. The van der Waals surface area contributed by atoms with E-state index >= 15 is 0 Å². The van der Waals surface area contributed by atoms with E-state index in [1.165, 1.54) is 0 Å². The number of hydrogen-bond acceptors (Lipinski definition) is 1. The Balaban J connectivity index is 2.69. The van der Waals surface area contributed by atoms with Gasteiger partial charge in [-0.05, 0) is 23.9 Å². The fraction of sp³-hybridized carbons (Fsp3) is 0.214. The van der Waals surface area contributed by atoms with Crippen molar-refractivity contribution in [2.75, 3.05) is 0 Å². The fourth-order valence-corrected chi connectivity index (χ4v) is 1.94. The molecule has 2 aromatic rings. The molecule has 0 saturated heterocycles. The number of nitrogens with zero attached hydrogens (tertiary/aromatic N) is 1. The van der Waals surface area contributed by atoms with Crippen LogP contribution in [-0.4, -0.2) is 4.57 Å². The Morgan fingerprint density at radius 1 is 1.38 bits per heavy atom. The van der Waals surface area contributed by atoms with E-state index in [9.17, 15) is 4.79 Å². The lowest BCUT2D eigenvalue weighted by atomic mass is 10.1. The third-order valence-electron chi connectivity index (χ3n) is 2.89. The van der Waals surface area contributed by atoms with Crippen LogP contribution in [-0.2, 0) is 0 Å². The number of pyridine rings is 1. The van der Waals surface area contributed by atoms with Crippen molar-refractivity contribution in [3.05, 3.63) is 59.5 Å². The Morgan fingerprint density at radius 2 is 2.12 bits per heavy atom. The minimum absolute atomic E-state index is 0.0600. The van der Waals surface area contributed by atoms with Crippen molar-refractivity contribution in [2.24, 2.45) is 0 Å². The summed E-state index contributed by atoms with van der Waals surface area (Å²) in [5.41, 5.74) is 0.0600. The summed E-state index contributed by atoms with van der Waals surface area (Å²) in [4.78, 5) is 12.2. The third-order valence-corrected chi connectivity index (χ3v) is 2.89. The molecule has 1 aromatic carbocycles. The molecular formula is C14H15NO. The molecule has 1 heterocycles. The van der Waals surface area contributed by atoms with Crippen molar-refractivity contribution in [3.63, 3.8) is 0 Å². The summed E-state index contributed by atoms with van der Waals surface area (Å²) < 4.78 is 1.75. The summed E-state index contributed by atoms with van der Waals surface area (Å²) in [6.45, 7) is 5.82. The zero-order valence-electron chi connectivity index (χ0n) is 9.39. The SMILES string of the molecule is C=C[C@H](CC)n1ccc2ccccc2c1=O. The first-order valence-electron chi connectivity index (χ1n) is 5.50. The molecule has 0 unspecified atom stereocenters. The van der Waals surface area contributed by atoms with Gasteiger partial charge < -0.3 is 4.57 Å². The van der Waals surface area contributed by atoms with Gasteiger partial charge >= 0.3 is 0 Å². The molecule has 1 atom stereocenters. The zero-order valence-corrected chi connectivity index (χ0v) is 9.39. The Morgan fingerprint density at radius 3 is 2.81 bits per heavy atom. The second-order valence-electron chi connectivity index (χ2n) is 3.83. The van der Waals surface area contributed by atoms with Gasteiger partial charge in [-0.15, -0.1) is 6.58 Å². The molecule has 0 fully saturated rings. The number of fused-ring (bicyclic) bond motifs is 1. The van der Waals surface area contributed by atoms with Crippen LogP contribution in [0.5, 0.6) is 0 Å². The van der Waals surface area contributed by atoms with Crippen LogP contribution >= 0.6 is 0 Å². The molecule has 0 spiro atoms. The Bertz CT molecular complexity index is 568. The molecule has 0 amide bonds. The van der Waals surface area contributed by atoms with Crippen LogP contribution in [0.1, 0.15) is 19.4 Å². The van der Waals surface area contributed by atoms with Gasteiger partial charge in [-0.1, -0.05) is 31.2 Å². The van der Waals surface area contributed by atoms with E-state index in [-0.39, 0.29) is 11.6 Å². The summed E-state index contributed by atoms with van der Waals surface area (Å²) in [6, 6.07) is 9.71. The van der Waals surface area contributed by atoms with Crippen LogP contribution in [0.15, 0.2) is 54.0 Å². The van der Waals surface area contributed by atoms with E-state index < -0.39 is 0 Å². The van der Waals surface area contributed by atoms with Crippen LogP contribution in [0.3, 0.4) is 0 Å². The molecule has 0 aliphatic carbocycles. The number of benzene rings is 1. The summed E-state index contributed by atoms with van der Waals surface area (Å²) in [6.07, 6.45) is 4.54. The molecule has 0 saturated carbocycles. The first-order chi connectivity index (χ1) is 7.77. The van der Waals surface area contributed by atoms with Gasteiger partial charge in [0.25, 0.3) is 5.56 Å². The van der Waals surface area contributed by atoms with Gasteiger partial charge in [0.1, 0.15) is 0 Å². The molecule has 2 rings (SSSR count). The number of hydrogen-bond donors (Lipinski definition) is 0. The van der Waals surface area contributed by atoms with Crippen molar-refractivity contribution in [1.29, 1.82) is 0 Å². The summed E-state index contributed by atoms with van der Waals surface area (Å²) in [5.74, 6) is 0. The predicted octanol–water partition coefficient (Wildman–Crippen LogP) is 3.14. The Labute approximate surface area is 94.8 Å². The highest BCUT2D eigenvalue weighted by molar-refractivity contribution is 5.81. The molecule has 0 aliphatic rings. The molecule has 82 valence electrons. The van der Waals surface area contributed by atoms with Gasteiger partial charge in [-0.2, -0.15) is 0 Å². The Hall–Kier alpha value is -1.83. The van der Waals surface area contributed by atoms with Crippen molar-refractivity contribution < 1.29 is 0 Å². The van der Waals surface area contributed by atoms with Gasteiger partial charge in [-0.3, -0.25) is 4.79 Å². The third kappa shape index (κ3) is 1.67. The van der Waals surface area contributed by atoms with Crippen LogP contribution in [0.2, 0.25) is 0 Å². The van der Waals surface area contributed by atoms with Crippen LogP contribution < -0.4 is 5.56 Å². The van der Waals surface area contributed by atoms with E-state index in [4.69, 9.17) is 0 Å². The van der Waals surface area contributed by atoms with Gasteiger partial charge in [0.15, 0.2) is 0 Å². The lowest BCUT2D eigenvalue weighted by Crippen LogP contribution is -2.22. The highest BCUT2D eigenvalue weighted by Crippen LogP contribution is 2.13. The number of aromatic nitrogens is 1. The second kappa shape index (κ2) is 4.35. The zero-order chi connectivity index (χ0) is 11.5. The average molecular weight is 213 g/mol. The number of allylic oxidation sites excluding steroid dienone is 1. The molecule has 0 N–H and O–H groups in total. The van der Waals surface area contributed by atoms with Gasteiger partial charge in [0.05, 0.1) is 6.04 Å². The fourth-order valence-electron chi connectivity index (χ4n) is 1.94. The monoisotopic (exact) mass is 213 g/mol. The molecule has 16 heavy (non-hydrogen) atoms. The van der Waals surface area contributed by atoms with Crippen LogP contribution in [0, 0.1) is 0 Å². The summed E-state index contributed by atoms with van der Waals surface area (Å²) >= 11 is 0. The average Bonchev–Trinajstić information content (AvgIpc) is 2.34. The van der Waals surface area contributed by atoms with E-state index in [1.54, 1.807) is 4.57 Å². The van der Waals surface area contributed by atoms with E-state index in [0.717, 1.165) is 17.2 Å². The lowest BCUT2D eigenvalue weighted by molar-refractivity contribution is 0.571. The number of rotatable bonds is 3. The molecule has 2 heteroatoms. The maximum absolute atomic E-state index is 12.2. The van der Waals surface area contributed by atoms with E-state index in [2.05, 4.69) is 6.58 Å². The highest BCUT2D eigenvalue weighted by atomic mass is 16.1. The van der Waals surface area contributed by atoms with Crippen molar-refractivity contribution >= 4 is 10.8 Å². The van der Waals surface area contributed by atoms with Gasteiger partial charge in [-0.25, -0.2) is 0 Å². The highest BCUT2D eigenvalue weighted by Gasteiger charge is 2.07. The first kappa shape index (κ1) is 10.7. The molecule has 0 aliphatic heterocycles. The summed E-state index contributed by atoms with van der Waals surface area (Å²) in [5, 5.41) is 1.76. The molecule has 1 aromatic heterocycles. The first-order valence-corrected chi connectivity index (χ1v) is 5.50. The predicted molar refractivity (Wildman–Crippen MR) is 67.7 cm³/mol. The lowest BCUT2D eigenvalue weighted by Gasteiger charge is -2.14. The van der Waals surface area contributed by atoms with Gasteiger partial charge in [0, 0.05) is 11.6 Å².